The number of carbonyl (C=O) groups excluding carboxylic acids is 2. The first-order chi connectivity index (χ1) is 13.5. The van der Waals surface area contributed by atoms with Crippen molar-refractivity contribution in [1.29, 1.82) is 0 Å². The first-order valence-electron chi connectivity index (χ1n) is 8.93. The van der Waals surface area contributed by atoms with Gasteiger partial charge in [-0.2, -0.15) is 0 Å². The molecule has 2 amide bonds. The van der Waals surface area contributed by atoms with Crippen LogP contribution >= 0.6 is 12.2 Å². The van der Waals surface area contributed by atoms with Gasteiger partial charge < -0.3 is 15.4 Å². The Labute approximate surface area is 170 Å². The Hall–Kier alpha value is -3.19. The molecule has 2 rings (SSSR count). The summed E-state index contributed by atoms with van der Waals surface area (Å²) < 4.78 is 5.38. The number of rotatable bonds is 7. The lowest BCUT2D eigenvalue weighted by Gasteiger charge is -2.09. The Balaban J connectivity index is 1.84. The molecule has 0 aromatic heterocycles. The SMILES string of the molecule is CCNC(=O)c1ccc(NC(=S)NC(=O)/C=C/c2ccc(OCC)cc2)cc1. The van der Waals surface area contributed by atoms with Crippen molar-refractivity contribution >= 4 is 40.9 Å². The zero-order valence-corrected chi connectivity index (χ0v) is 16.6. The van der Waals surface area contributed by atoms with Crippen molar-refractivity contribution in [3.05, 3.63) is 65.7 Å². The number of carbonyl (C=O) groups is 2. The molecule has 28 heavy (non-hydrogen) atoms. The highest BCUT2D eigenvalue weighted by Gasteiger charge is 2.05. The fourth-order valence-corrected chi connectivity index (χ4v) is 2.52. The van der Waals surface area contributed by atoms with Crippen molar-refractivity contribution in [3.63, 3.8) is 0 Å². The van der Waals surface area contributed by atoms with Gasteiger partial charge in [0.15, 0.2) is 5.11 Å². The average Bonchev–Trinajstić information content (AvgIpc) is 2.68. The van der Waals surface area contributed by atoms with Crippen LogP contribution in [0.25, 0.3) is 6.08 Å². The molecule has 7 heteroatoms. The van der Waals surface area contributed by atoms with Crippen LogP contribution in [0.4, 0.5) is 5.69 Å². The molecule has 0 saturated heterocycles. The van der Waals surface area contributed by atoms with E-state index < -0.39 is 0 Å². The molecule has 6 nitrogen and oxygen atoms in total. The summed E-state index contributed by atoms with van der Waals surface area (Å²) in [5.74, 6) is 0.308. The number of anilines is 1. The number of amides is 2. The topological polar surface area (TPSA) is 79.5 Å². The fraction of sp³-hybridized carbons (Fsp3) is 0.190. The molecule has 0 saturated carbocycles. The van der Waals surface area contributed by atoms with Crippen LogP contribution in [-0.2, 0) is 4.79 Å². The summed E-state index contributed by atoms with van der Waals surface area (Å²) in [5, 5.41) is 8.39. The van der Waals surface area contributed by atoms with E-state index in [0.29, 0.717) is 24.4 Å². The highest BCUT2D eigenvalue weighted by atomic mass is 32.1. The maximum Gasteiger partial charge on any atom is 0.251 e. The maximum absolute atomic E-state index is 12.0. The second kappa shape index (κ2) is 10.8. The molecule has 0 bridgehead atoms. The van der Waals surface area contributed by atoms with Crippen LogP contribution in [-0.4, -0.2) is 30.1 Å². The van der Waals surface area contributed by atoms with E-state index in [0.717, 1.165) is 11.3 Å². The minimum absolute atomic E-state index is 0.135. The normalized spacial score (nSPS) is 10.4. The first kappa shape index (κ1) is 21.1. The Morgan fingerprint density at radius 3 is 2.32 bits per heavy atom. The van der Waals surface area contributed by atoms with Crippen LogP contribution in [0.5, 0.6) is 5.75 Å². The molecule has 146 valence electrons. The standard InChI is InChI=1S/C21H23N3O3S/c1-3-22-20(26)16-8-10-17(11-9-16)23-21(28)24-19(25)14-7-15-5-12-18(13-6-15)27-4-2/h5-14H,3-4H2,1-2H3,(H,22,26)(H2,23,24,25,28)/b14-7+. The van der Waals surface area contributed by atoms with Gasteiger partial charge in [-0.05, 0) is 74.1 Å². The summed E-state index contributed by atoms with van der Waals surface area (Å²) in [5.41, 5.74) is 2.10. The second-order valence-electron chi connectivity index (χ2n) is 5.72. The molecule has 0 heterocycles. The van der Waals surface area contributed by atoms with Gasteiger partial charge in [-0.15, -0.1) is 0 Å². The highest BCUT2D eigenvalue weighted by Crippen LogP contribution is 2.13. The van der Waals surface area contributed by atoms with E-state index in [-0.39, 0.29) is 16.9 Å². The van der Waals surface area contributed by atoms with Crippen LogP contribution in [0.2, 0.25) is 0 Å². The van der Waals surface area contributed by atoms with E-state index in [1.165, 1.54) is 6.08 Å². The van der Waals surface area contributed by atoms with Gasteiger partial charge in [0.05, 0.1) is 6.61 Å². The summed E-state index contributed by atoms with van der Waals surface area (Å²) in [4.78, 5) is 23.7. The predicted molar refractivity (Wildman–Crippen MR) is 115 cm³/mol. The Morgan fingerprint density at radius 1 is 1.04 bits per heavy atom. The lowest BCUT2D eigenvalue weighted by atomic mass is 10.2. The second-order valence-corrected chi connectivity index (χ2v) is 6.12. The Bertz CT molecular complexity index is 846. The van der Waals surface area contributed by atoms with Crippen molar-refractivity contribution in [1.82, 2.24) is 10.6 Å². The summed E-state index contributed by atoms with van der Waals surface area (Å²) >= 11 is 5.14. The van der Waals surface area contributed by atoms with Gasteiger partial charge in [0.2, 0.25) is 5.91 Å². The Kier molecular flexibility index (Phi) is 8.17. The van der Waals surface area contributed by atoms with Gasteiger partial charge in [-0.3, -0.25) is 14.9 Å². The summed E-state index contributed by atoms with van der Waals surface area (Å²) in [6.45, 7) is 4.96. The summed E-state index contributed by atoms with van der Waals surface area (Å²) in [6.07, 6.45) is 3.09. The van der Waals surface area contributed by atoms with Crippen LogP contribution in [0.1, 0.15) is 29.8 Å². The number of nitrogens with one attached hydrogen (secondary N) is 3. The number of benzene rings is 2. The molecular weight excluding hydrogens is 374 g/mol. The minimum atomic E-state index is -0.342. The van der Waals surface area contributed by atoms with Crippen molar-refractivity contribution < 1.29 is 14.3 Å². The molecule has 2 aromatic carbocycles. The van der Waals surface area contributed by atoms with E-state index >= 15 is 0 Å². The van der Waals surface area contributed by atoms with Crippen LogP contribution in [0, 0.1) is 0 Å². The van der Waals surface area contributed by atoms with Gasteiger partial charge in [-0.1, -0.05) is 12.1 Å². The number of ether oxygens (including phenoxy) is 1. The van der Waals surface area contributed by atoms with Gasteiger partial charge in [0, 0.05) is 23.9 Å². The van der Waals surface area contributed by atoms with Crippen LogP contribution in [0.15, 0.2) is 54.6 Å². The number of thiocarbonyl (C=S) groups is 1. The molecule has 0 aliphatic carbocycles. The van der Waals surface area contributed by atoms with Crippen molar-refractivity contribution in [2.75, 3.05) is 18.5 Å². The zero-order chi connectivity index (χ0) is 20.4. The summed E-state index contributed by atoms with van der Waals surface area (Å²) in [7, 11) is 0. The third-order valence-corrected chi connectivity index (χ3v) is 3.80. The predicted octanol–water partition coefficient (Wildman–Crippen LogP) is 3.36. The third-order valence-electron chi connectivity index (χ3n) is 3.60. The maximum atomic E-state index is 12.0. The fourth-order valence-electron chi connectivity index (χ4n) is 2.30. The monoisotopic (exact) mass is 397 g/mol. The van der Waals surface area contributed by atoms with Crippen molar-refractivity contribution in [3.8, 4) is 5.75 Å². The smallest absolute Gasteiger partial charge is 0.251 e. The van der Waals surface area contributed by atoms with E-state index in [1.54, 1.807) is 30.3 Å². The van der Waals surface area contributed by atoms with Gasteiger partial charge >= 0.3 is 0 Å². The largest absolute Gasteiger partial charge is 0.494 e. The van der Waals surface area contributed by atoms with Gasteiger partial charge in [0.1, 0.15) is 5.75 Å². The third kappa shape index (κ3) is 6.85. The molecule has 0 radical (unpaired) electrons. The van der Waals surface area contributed by atoms with E-state index in [9.17, 15) is 9.59 Å². The molecule has 0 spiro atoms. The lowest BCUT2D eigenvalue weighted by molar-refractivity contribution is -0.115. The lowest BCUT2D eigenvalue weighted by Crippen LogP contribution is -2.32. The molecule has 0 fully saturated rings. The zero-order valence-electron chi connectivity index (χ0n) is 15.8. The molecule has 0 aliphatic heterocycles. The Morgan fingerprint density at radius 2 is 1.71 bits per heavy atom. The van der Waals surface area contributed by atoms with Gasteiger partial charge in [-0.25, -0.2) is 0 Å². The minimum Gasteiger partial charge on any atom is -0.494 e. The molecule has 2 aromatic rings. The van der Waals surface area contributed by atoms with Crippen LogP contribution in [0.3, 0.4) is 0 Å². The average molecular weight is 398 g/mol. The summed E-state index contributed by atoms with van der Waals surface area (Å²) in [6, 6.07) is 14.2. The number of hydrogen-bond acceptors (Lipinski definition) is 4. The molecular formula is C21H23N3O3S. The molecule has 3 N–H and O–H groups in total. The quantitative estimate of drug-likeness (QED) is 0.493. The van der Waals surface area contributed by atoms with E-state index in [4.69, 9.17) is 17.0 Å². The molecule has 0 unspecified atom stereocenters. The molecule has 0 aliphatic rings. The van der Waals surface area contributed by atoms with E-state index in [2.05, 4.69) is 16.0 Å². The van der Waals surface area contributed by atoms with Crippen LogP contribution < -0.4 is 20.7 Å². The van der Waals surface area contributed by atoms with E-state index in [1.807, 2.05) is 38.1 Å². The first-order valence-corrected chi connectivity index (χ1v) is 9.33. The van der Waals surface area contributed by atoms with Crippen molar-refractivity contribution in [2.24, 2.45) is 0 Å². The highest BCUT2D eigenvalue weighted by molar-refractivity contribution is 7.80. The van der Waals surface area contributed by atoms with Gasteiger partial charge in [0.25, 0.3) is 5.91 Å². The number of hydrogen-bond donors (Lipinski definition) is 3. The van der Waals surface area contributed by atoms with Crippen molar-refractivity contribution in [2.45, 2.75) is 13.8 Å². The molecule has 0 atom stereocenters.